The number of nitrogens with zero attached hydrogens (tertiary/aromatic N) is 1. The zero-order valence-electron chi connectivity index (χ0n) is 12.1. The zero-order chi connectivity index (χ0) is 11.1. The molecular formula is C12H20BrMgNO. The number of benzene rings is 1. The third-order valence-electron chi connectivity index (χ3n) is 2.38. The fraction of sp³-hybridized carbons (Fsp3) is 0.500. The van der Waals surface area contributed by atoms with Crippen LogP contribution < -0.4 is 4.74 Å². The number of likely N-dealkylation sites (N-methyl/N-ethyl adjacent to an activating group) is 1. The summed E-state index contributed by atoms with van der Waals surface area (Å²) in [5.74, 6) is 0.936. The molecule has 16 heavy (non-hydrogen) atoms. The van der Waals surface area contributed by atoms with Crippen molar-refractivity contribution in [2.45, 2.75) is 13.8 Å². The van der Waals surface area contributed by atoms with Crippen molar-refractivity contribution < 1.29 is 7.59 Å². The van der Waals surface area contributed by atoms with Crippen molar-refractivity contribution in [3.05, 3.63) is 28.7 Å². The molecule has 0 saturated heterocycles. The van der Waals surface area contributed by atoms with Gasteiger partial charge in [0.15, 0.2) is 0 Å². The predicted octanol–water partition coefficient (Wildman–Crippen LogP) is 3.01. The van der Waals surface area contributed by atoms with Crippen LogP contribution in [-0.4, -0.2) is 54.2 Å². The fourth-order valence-corrected chi connectivity index (χ4v) is 1.63. The second-order valence-corrected chi connectivity index (χ2v) is 4.24. The molecule has 88 valence electrons. The van der Waals surface area contributed by atoms with Crippen LogP contribution in [0.25, 0.3) is 0 Å². The molecule has 0 spiro atoms. The first-order valence-electron chi connectivity index (χ1n) is 5.37. The monoisotopic (exact) mass is 297 g/mol. The summed E-state index contributed by atoms with van der Waals surface area (Å²) in [7, 11) is 0. The van der Waals surface area contributed by atoms with Crippen LogP contribution in [0.5, 0.6) is 5.75 Å². The van der Waals surface area contributed by atoms with E-state index in [1.807, 2.05) is 24.3 Å². The van der Waals surface area contributed by atoms with Crippen molar-refractivity contribution in [3.8, 4) is 5.75 Å². The van der Waals surface area contributed by atoms with Gasteiger partial charge in [-0.3, -0.25) is 0 Å². The summed E-state index contributed by atoms with van der Waals surface area (Å²) in [4.78, 5) is 2.35. The third kappa shape index (κ3) is 6.08. The quantitative estimate of drug-likeness (QED) is 0.749. The molecular weight excluding hydrogens is 278 g/mol. The van der Waals surface area contributed by atoms with Crippen LogP contribution in [-0.2, 0) is 0 Å². The molecule has 0 fully saturated rings. The summed E-state index contributed by atoms with van der Waals surface area (Å²) in [6.07, 6.45) is 0. The van der Waals surface area contributed by atoms with Gasteiger partial charge in [0.1, 0.15) is 12.4 Å². The second-order valence-electron chi connectivity index (χ2n) is 3.33. The number of hydrogen-bond acceptors (Lipinski definition) is 2. The van der Waals surface area contributed by atoms with Gasteiger partial charge >= 0.3 is 23.1 Å². The summed E-state index contributed by atoms with van der Waals surface area (Å²) in [5, 5.41) is 0. The van der Waals surface area contributed by atoms with E-state index in [0.29, 0.717) is 0 Å². The molecule has 1 rings (SSSR count). The van der Waals surface area contributed by atoms with E-state index in [1.165, 1.54) is 0 Å². The summed E-state index contributed by atoms with van der Waals surface area (Å²) in [6, 6.07) is 7.94. The van der Waals surface area contributed by atoms with E-state index in [4.69, 9.17) is 4.74 Å². The van der Waals surface area contributed by atoms with Gasteiger partial charge < -0.3 is 12.5 Å². The smallest absolute Gasteiger partial charge is 1.00 e. The van der Waals surface area contributed by atoms with Crippen molar-refractivity contribution in [3.63, 3.8) is 0 Å². The summed E-state index contributed by atoms with van der Waals surface area (Å²) in [6.45, 7) is 8.25. The molecule has 0 unspecified atom stereocenters. The molecule has 0 amide bonds. The van der Waals surface area contributed by atoms with Crippen LogP contribution in [0.15, 0.2) is 28.7 Å². The molecule has 0 aliphatic heterocycles. The number of rotatable bonds is 6. The van der Waals surface area contributed by atoms with E-state index < -0.39 is 0 Å². The van der Waals surface area contributed by atoms with E-state index in [-0.39, 0.29) is 25.9 Å². The Balaban J connectivity index is -0.000000750. The Labute approximate surface area is 126 Å². The standard InChI is InChI=1S/C12H18BrNO.Mg.2H/c1-3-14(4-2)9-10-15-12-7-5-11(13)6-8-12;;;/h5-8H,3-4,9-10H2,1-2H3;;;/q;+2;2*-1. The van der Waals surface area contributed by atoms with Crippen molar-refractivity contribution in [2.24, 2.45) is 0 Å². The SMILES string of the molecule is CCN(CC)CCOc1ccc(Br)cc1.[H-].[H-].[Mg+2]. The minimum absolute atomic E-state index is 0. The van der Waals surface area contributed by atoms with Gasteiger partial charge in [-0.2, -0.15) is 0 Å². The summed E-state index contributed by atoms with van der Waals surface area (Å²) in [5.41, 5.74) is 0. The molecule has 0 radical (unpaired) electrons. The molecule has 1 aromatic rings. The van der Waals surface area contributed by atoms with Crippen molar-refractivity contribution in [1.82, 2.24) is 4.90 Å². The largest absolute Gasteiger partial charge is 2.00 e. The molecule has 2 nitrogen and oxygen atoms in total. The van der Waals surface area contributed by atoms with Gasteiger partial charge in [0, 0.05) is 11.0 Å². The maximum absolute atomic E-state index is 5.63. The van der Waals surface area contributed by atoms with E-state index in [9.17, 15) is 0 Å². The predicted molar refractivity (Wildman–Crippen MR) is 75.4 cm³/mol. The van der Waals surface area contributed by atoms with Gasteiger partial charge in [-0.25, -0.2) is 0 Å². The van der Waals surface area contributed by atoms with Gasteiger partial charge in [-0.1, -0.05) is 29.8 Å². The summed E-state index contributed by atoms with van der Waals surface area (Å²) < 4.78 is 6.71. The molecule has 0 aromatic heterocycles. The molecule has 0 bridgehead atoms. The molecule has 4 heteroatoms. The Morgan fingerprint density at radius 2 is 1.75 bits per heavy atom. The van der Waals surface area contributed by atoms with E-state index in [0.717, 1.165) is 36.5 Å². The van der Waals surface area contributed by atoms with Crippen LogP contribution in [0, 0.1) is 0 Å². The Morgan fingerprint density at radius 1 is 1.19 bits per heavy atom. The number of hydrogen-bond donors (Lipinski definition) is 0. The maximum atomic E-state index is 5.63. The summed E-state index contributed by atoms with van der Waals surface area (Å²) >= 11 is 3.40. The third-order valence-corrected chi connectivity index (χ3v) is 2.91. The van der Waals surface area contributed by atoms with Crippen LogP contribution >= 0.6 is 15.9 Å². The average molecular weight is 299 g/mol. The van der Waals surface area contributed by atoms with Crippen molar-refractivity contribution >= 4 is 39.0 Å². The first kappa shape index (κ1) is 16.2. The Kier molecular flexibility index (Phi) is 9.41. The van der Waals surface area contributed by atoms with E-state index in [1.54, 1.807) is 0 Å². The molecule has 1 aromatic carbocycles. The Bertz CT molecular complexity index is 284. The van der Waals surface area contributed by atoms with E-state index >= 15 is 0 Å². The van der Waals surface area contributed by atoms with Gasteiger partial charge in [-0.15, -0.1) is 0 Å². The van der Waals surface area contributed by atoms with Crippen molar-refractivity contribution in [1.29, 1.82) is 0 Å². The molecule has 0 atom stereocenters. The van der Waals surface area contributed by atoms with Crippen LogP contribution in [0.3, 0.4) is 0 Å². The van der Waals surface area contributed by atoms with Crippen LogP contribution in [0.1, 0.15) is 16.7 Å². The fourth-order valence-electron chi connectivity index (χ4n) is 1.36. The van der Waals surface area contributed by atoms with Crippen molar-refractivity contribution in [2.75, 3.05) is 26.2 Å². The second kappa shape index (κ2) is 9.28. The van der Waals surface area contributed by atoms with Crippen LogP contribution in [0.4, 0.5) is 0 Å². The molecule has 0 N–H and O–H groups in total. The first-order valence-corrected chi connectivity index (χ1v) is 6.16. The van der Waals surface area contributed by atoms with Gasteiger partial charge in [0.05, 0.1) is 0 Å². The minimum Gasteiger partial charge on any atom is -1.00 e. The normalized spacial score (nSPS) is 10.0. The van der Waals surface area contributed by atoms with Crippen LogP contribution in [0.2, 0.25) is 0 Å². The molecule has 0 aliphatic rings. The molecule has 0 aliphatic carbocycles. The Morgan fingerprint density at radius 3 is 2.25 bits per heavy atom. The van der Waals surface area contributed by atoms with Gasteiger partial charge in [0.25, 0.3) is 0 Å². The Hall–Kier alpha value is 0.226. The first-order chi connectivity index (χ1) is 7.26. The van der Waals surface area contributed by atoms with E-state index in [2.05, 4.69) is 34.7 Å². The average Bonchev–Trinajstić information content (AvgIpc) is 2.27. The topological polar surface area (TPSA) is 12.5 Å². The number of ether oxygens (including phenoxy) is 1. The number of halogens is 1. The zero-order valence-corrected chi connectivity index (χ0v) is 13.1. The van der Waals surface area contributed by atoms with Gasteiger partial charge in [-0.05, 0) is 37.4 Å². The maximum Gasteiger partial charge on any atom is 2.00 e. The molecule has 0 saturated carbocycles. The van der Waals surface area contributed by atoms with Gasteiger partial charge in [0.2, 0.25) is 0 Å². The minimum atomic E-state index is 0. The molecule has 0 heterocycles.